The smallest absolute Gasteiger partial charge is 0.316 e. The number of hydrogen-bond donors (Lipinski definition) is 1. The first-order valence-electron chi connectivity index (χ1n) is 9.07. The van der Waals surface area contributed by atoms with Crippen LogP contribution in [0.1, 0.15) is 16.7 Å². The second kappa shape index (κ2) is 8.93. The molecule has 1 N–H and O–H groups in total. The van der Waals surface area contributed by atoms with E-state index in [4.69, 9.17) is 4.74 Å². The molecule has 3 aromatic rings. The largest absolute Gasteiger partial charge is 0.455 e. The summed E-state index contributed by atoms with van der Waals surface area (Å²) in [6.45, 7) is 5.62. The van der Waals surface area contributed by atoms with Crippen molar-refractivity contribution in [2.24, 2.45) is 0 Å². The van der Waals surface area contributed by atoms with E-state index >= 15 is 0 Å². The first kappa shape index (κ1) is 20.0. The van der Waals surface area contributed by atoms with Crippen LogP contribution in [0.4, 0.5) is 5.69 Å². The number of anilines is 1. The van der Waals surface area contributed by atoms with Crippen LogP contribution in [-0.2, 0) is 14.3 Å². The van der Waals surface area contributed by atoms with E-state index < -0.39 is 5.97 Å². The molecule has 3 aromatic carbocycles. The number of aryl methyl sites for hydroxylation is 3. The van der Waals surface area contributed by atoms with Gasteiger partial charge in [-0.2, -0.15) is 0 Å². The Hall–Kier alpha value is -2.79. The van der Waals surface area contributed by atoms with E-state index in [2.05, 4.69) is 5.32 Å². The minimum atomic E-state index is -0.411. The first-order chi connectivity index (χ1) is 13.4. The Labute approximate surface area is 169 Å². The topological polar surface area (TPSA) is 55.4 Å². The van der Waals surface area contributed by atoms with Crippen LogP contribution in [0.15, 0.2) is 59.5 Å². The van der Waals surface area contributed by atoms with Gasteiger partial charge in [0.2, 0.25) is 0 Å². The van der Waals surface area contributed by atoms with Crippen molar-refractivity contribution in [3.63, 3.8) is 0 Å². The van der Waals surface area contributed by atoms with Crippen molar-refractivity contribution >= 4 is 40.1 Å². The summed E-state index contributed by atoms with van der Waals surface area (Å²) in [5.74, 6) is -0.585. The molecule has 0 saturated heterocycles. The zero-order chi connectivity index (χ0) is 20.1. The molecule has 0 saturated carbocycles. The van der Waals surface area contributed by atoms with Gasteiger partial charge in [0.25, 0.3) is 5.91 Å². The van der Waals surface area contributed by atoms with E-state index in [1.165, 1.54) is 11.8 Å². The van der Waals surface area contributed by atoms with Crippen LogP contribution in [0.2, 0.25) is 0 Å². The Kier molecular flexibility index (Phi) is 6.37. The summed E-state index contributed by atoms with van der Waals surface area (Å²) in [5, 5.41) is 5.12. The fourth-order valence-electron chi connectivity index (χ4n) is 3.14. The molecular weight excluding hydrogens is 370 g/mol. The number of carbonyl (C=O) groups excluding carboxylic acids is 2. The minimum Gasteiger partial charge on any atom is -0.455 e. The second-order valence-electron chi connectivity index (χ2n) is 6.78. The number of amides is 1. The maximum absolute atomic E-state index is 12.1. The molecule has 0 heterocycles. The molecule has 144 valence electrons. The van der Waals surface area contributed by atoms with Crippen molar-refractivity contribution in [3.05, 3.63) is 71.3 Å². The van der Waals surface area contributed by atoms with Crippen molar-refractivity contribution < 1.29 is 14.3 Å². The van der Waals surface area contributed by atoms with Gasteiger partial charge in [0, 0.05) is 10.6 Å². The molecule has 4 nitrogen and oxygen atoms in total. The quantitative estimate of drug-likeness (QED) is 0.471. The number of thioether (sulfide) groups is 1. The van der Waals surface area contributed by atoms with Crippen LogP contribution in [0, 0.1) is 20.8 Å². The Balaban J connectivity index is 1.49. The zero-order valence-electron chi connectivity index (χ0n) is 16.2. The highest BCUT2D eigenvalue weighted by molar-refractivity contribution is 8.00. The number of benzene rings is 3. The summed E-state index contributed by atoms with van der Waals surface area (Å²) in [6, 6.07) is 18.1. The predicted molar refractivity (Wildman–Crippen MR) is 115 cm³/mol. The van der Waals surface area contributed by atoms with Gasteiger partial charge in [-0.05, 0) is 54.8 Å². The normalized spacial score (nSPS) is 10.7. The predicted octanol–water partition coefficient (Wildman–Crippen LogP) is 5.04. The van der Waals surface area contributed by atoms with Crippen LogP contribution in [0.5, 0.6) is 0 Å². The lowest BCUT2D eigenvalue weighted by atomic mass is 10.1. The summed E-state index contributed by atoms with van der Waals surface area (Å²) < 4.78 is 5.12. The van der Waals surface area contributed by atoms with Crippen molar-refractivity contribution in [2.75, 3.05) is 17.7 Å². The third kappa shape index (κ3) is 5.14. The monoisotopic (exact) mass is 393 g/mol. The van der Waals surface area contributed by atoms with E-state index in [1.54, 1.807) is 0 Å². The lowest BCUT2D eigenvalue weighted by molar-refractivity contribution is -0.144. The number of hydrogen-bond acceptors (Lipinski definition) is 4. The van der Waals surface area contributed by atoms with E-state index in [1.807, 2.05) is 75.4 Å². The van der Waals surface area contributed by atoms with Gasteiger partial charge >= 0.3 is 5.97 Å². The molecule has 28 heavy (non-hydrogen) atoms. The lowest BCUT2D eigenvalue weighted by Gasteiger charge is -2.13. The highest BCUT2D eigenvalue weighted by Gasteiger charge is 2.11. The Bertz CT molecular complexity index is 1010. The van der Waals surface area contributed by atoms with Gasteiger partial charge in [-0.3, -0.25) is 9.59 Å². The van der Waals surface area contributed by atoms with Gasteiger partial charge in [0.05, 0.1) is 5.75 Å². The maximum Gasteiger partial charge on any atom is 0.316 e. The Morgan fingerprint density at radius 2 is 1.61 bits per heavy atom. The minimum absolute atomic E-state index is 0.161. The van der Waals surface area contributed by atoms with E-state index in [-0.39, 0.29) is 18.3 Å². The molecule has 0 atom stereocenters. The summed E-state index contributed by atoms with van der Waals surface area (Å²) in [6.07, 6.45) is 0. The van der Waals surface area contributed by atoms with Crippen LogP contribution < -0.4 is 5.32 Å². The van der Waals surface area contributed by atoms with Crippen molar-refractivity contribution in [2.45, 2.75) is 25.7 Å². The van der Waals surface area contributed by atoms with Crippen molar-refractivity contribution in [3.8, 4) is 0 Å². The highest BCUT2D eigenvalue weighted by atomic mass is 32.2. The average molecular weight is 394 g/mol. The van der Waals surface area contributed by atoms with Gasteiger partial charge < -0.3 is 10.1 Å². The van der Waals surface area contributed by atoms with Gasteiger partial charge in [0.1, 0.15) is 0 Å². The highest BCUT2D eigenvalue weighted by Crippen LogP contribution is 2.24. The summed E-state index contributed by atoms with van der Waals surface area (Å²) in [7, 11) is 0. The van der Waals surface area contributed by atoms with Gasteiger partial charge in [-0.15, -0.1) is 11.8 Å². The van der Waals surface area contributed by atoms with Crippen molar-refractivity contribution in [1.29, 1.82) is 0 Å². The van der Waals surface area contributed by atoms with Crippen LogP contribution in [0.3, 0.4) is 0 Å². The molecule has 0 bridgehead atoms. The Morgan fingerprint density at radius 3 is 2.32 bits per heavy atom. The number of ether oxygens (including phenoxy) is 1. The number of esters is 1. The second-order valence-corrected chi connectivity index (χ2v) is 7.83. The number of fused-ring (bicyclic) bond motifs is 1. The SMILES string of the molecule is Cc1cc(C)c(NC(=O)COC(=O)CSc2ccc3ccccc3c2)c(C)c1. The summed E-state index contributed by atoms with van der Waals surface area (Å²) >= 11 is 1.40. The van der Waals surface area contributed by atoms with Gasteiger partial charge in [0.15, 0.2) is 6.61 Å². The first-order valence-corrected chi connectivity index (χ1v) is 10.1. The van der Waals surface area contributed by atoms with E-state index in [0.717, 1.165) is 38.0 Å². The lowest BCUT2D eigenvalue weighted by Crippen LogP contribution is -2.22. The molecule has 0 fully saturated rings. The average Bonchev–Trinajstić information content (AvgIpc) is 2.67. The Morgan fingerprint density at radius 1 is 0.929 bits per heavy atom. The molecule has 0 aliphatic carbocycles. The molecule has 0 unspecified atom stereocenters. The standard InChI is InChI=1S/C23H23NO3S/c1-15-10-16(2)23(17(3)11-15)24-21(25)13-27-22(26)14-28-20-9-8-18-6-4-5-7-19(18)12-20/h4-12H,13-14H2,1-3H3,(H,24,25). The number of nitrogens with one attached hydrogen (secondary N) is 1. The molecule has 0 aliphatic rings. The molecule has 1 amide bonds. The number of carbonyl (C=O) groups is 2. The van der Waals surface area contributed by atoms with Gasteiger partial charge in [-0.25, -0.2) is 0 Å². The molecular formula is C23H23NO3S. The van der Waals surface area contributed by atoms with Crippen LogP contribution >= 0.6 is 11.8 Å². The van der Waals surface area contributed by atoms with E-state index in [9.17, 15) is 9.59 Å². The maximum atomic E-state index is 12.1. The molecule has 3 rings (SSSR count). The molecule has 0 radical (unpaired) electrons. The number of rotatable bonds is 6. The molecule has 0 spiro atoms. The zero-order valence-corrected chi connectivity index (χ0v) is 17.1. The summed E-state index contributed by atoms with van der Waals surface area (Å²) in [5.41, 5.74) is 3.90. The van der Waals surface area contributed by atoms with Gasteiger partial charge in [-0.1, -0.05) is 48.0 Å². The van der Waals surface area contributed by atoms with Crippen LogP contribution in [-0.4, -0.2) is 24.2 Å². The van der Waals surface area contributed by atoms with Crippen LogP contribution in [0.25, 0.3) is 10.8 Å². The third-order valence-electron chi connectivity index (χ3n) is 4.38. The van der Waals surface area contributed by atoms with E-state index in [0.29, 0.717) is 0 Å². The molecule has 0 aliphatic heterocycles. The fraction of sp³-hybridized carbons (Fsp3) is 0.217. The molecule has 0 aromatic heterocycles. The fourth-order valence-corrected chi connectivity index (χ4v) is 3.88. The molecule has 5 heteroatoms. The third-order valence-corrected chi connectivity index (χ3v) is 5.35. The summed E-state index contributed by atoms with van der Waals surface area (Å²) in [4.78, 5) is 25.1. The van der Waals surface area contributed by atoms with Crippen molar-refractivity contribution in [1.82, 2.24) is 0 Å².